The summed E-state index contributed by atoms with van der Waals surface area (Å²) in [5.41, 5.74) is 10.0. The Morgan fingerprint density at radius 2 is 0.795 bits per heavy atom. The summed E-state index contributed by atoms with van der Waals surface area (Å²) < 4.78 is 104. The van der Waals surface area contributed by atoms with Gasteiger partial charge in [-0.1, -0.05) is 175 Å². The Morgan fingerprint density at radius 1 is 0.466 bits per heavy atom. The molecule has 0 fully saturated rings. The van der Waals surface area contributed by atoms with E-state index in [-0.39, 0.29) is 18.3 Å². The Balaban J connectivity index is 0.000000530. The van der Waals surface area contributed by atoms with Crippen molar-refractivity contribution < 1.29 is 76.7 Å². The zero-order chi connectivity index (χ0) is 66.5. The van der Waals surface area contributed by atoms with Crippen LogP contribution in [-0.2, 0) is 93.9 Å². The summed E-state index contributed by atoms with van der Waals surface area (Å²) in [6, 6.07) is 38.1. The van der Waals surface area contributed by atoms with Crippen molar-refractivity contribution in [1.29, 1.82) is 0 Å². The van der Waals surface area contributed by atoms with E-state index in [0.717, 1.165) is 94.3 Å². The average Bonchev–Trinajstić information content (AvgIpc) is 4.21. The van der Waals surface area contributed by atoms with E-state index >= 15 is 0 Å². The Bertz CT molecular complexity index is 3570. The van der Waals surface area contributed by atoms with Crippen molar-refractivity contribution in [3.63, 3.8) is 0 Å². The number of allylic oxidation sites excluding steroid dienone is 8. The monoisotopic (exact) mass is 1690 g/mol. The van der Waals surface area contributed by atoms with Crippen LogP contribution in [0.25, 0.3) is 16.7 Å². The Labute approximate surface area is 593 Å². The summed E-state index contributed by atoms with van der Waals surface area (Å²) in [5.74, 6) is 7.47. The first-order chi connectivity index (χ1) is 40.1. The van der Waals surface area contributed by atoms with Crippen molar-refractivity contribution in [3.05, 3.63) is 174 Å². The summed E-state index contributed by atoms with van der Waals surface area (Å²) in [4.78, 5) is 1.14. The SMILES string of the molecule is C.C=[S-](=O)Oc1cc[c-]cc1.C=[S-](=O)Oc1ccc(Br)cc1.CC1(C)CC(Br)=C(Br)C1.CC1(C)CC(Br)=C(c2ccc(S(C)(=O)=O)cc2)C1.CC1(C)C[C-]=C(c2ccc(S(C)(=O)=O)cc2)C1.CC1=C(c2ccc(S(C)(=O)=O)cc2)CC(C)(C)C1.[Cl][Zn+].[Cl][Zn+]. The van der Waals surface area contributed by atoms with Crippen LogP contribution in [0, 0.1) is 33.8 Å². The van der Waals surface area contributed by atoms with E-state index in [1.165, 1.54) is 67.3 Å². The molecule has 0 bridgehead atoms. The molecule has 4 aliphatic rings. The van der Waals surface area contributed by atoms with E-state index < -0.39 is 50.9 Å². The van der Waals surface area contributed by atoms with Crippen LogP contribution in [0.1, 0.15) is 138 Å². The maximum absolute atomic E-state index is 11.4. The van der Waals surface area contributed by atoms with E-state index in [2.05, 4.69) is 150 Å². The minimum atomic E-state index is -3.11. The zero-order valence-electron chi connectivity index (χ0n) is 51.4. The number of hydrogen-bond donors (Lipinski definition) is 0. The standard InChI is InChI=1S/C15H20O2S.C14H17BrO2S.C14H17O2S.C7H10Br2.C7H6BrO2S.C7H6O2S.CH4.2ClH.2Zn/c1-11-9-15(2,3)10-14(11)12-5-7-13(8-6-12)18(4,16)17;1-14(2)8-12(13(15)9-14)10-4-6-11(7-5-10)18(3,16)17;1-14(2)9-8-12(10-14)11-4-6-13(7-5-11)17(3,15)16;1-7(2)3-5(8)6(9)4-7;1-11(9)10-7-4-2-6(8)3-5-7;1-10(8)9-7-5-3-2-4-6-7;;;;;/h5-8H,9-10H2,1-4H3;4-7H,8-9H2,1-3H3;4-7H,9-10H2,1-3H3;3-4H2,1-2H3;2-5H,1H2;3-6H,1H2;1H4;2*1H;;/q;;-1;;-1;-2;;;;2*+2/p-2. The molecule has 9 rings (SSSR count). The number of hydrogen-bond acceptors (Lipinski definition) is 12. The van der Waals surface area contributed by atoms with Gasteiger partial charge >= 0.3 is 54.0 Å². The third-order valence-electron chi connectivity index (χ3n) is 13.3. The predicted molar refractivity (Wildman–Crippen MR) is 380 cm³/mol. The third kappa shape index (κ3) is 31.0. The number of benzene rings is 5. The Kier molecular flexibility index (Phi) is 36.4. The fraction of sp³-hybridized carbons (Fsp3) is 0.385. The van der Waals surface area contributed by atoms with E-state index in [1.54, 1.807) is 72.8 Å². The van der Waals surface area contributed by atoms with Gasteiger partial charge in [-0.2, -0.15) is 35.5 Å². The molecule has 0 spiro atoms. The second-order valence-corrected chi connectivity index (χ2v) is 35.4. The van der Waals surface area contributed by atoms with Crippen molar-refractivity contribution >= 4 is 162 Å². The first-order valence-electron chi connectivity index (χ1n) is 26.8. The zero-order valence-corrected chi connectivity index (χ0v) is 69.3. The summed E-state index contributed by atoms with van der Waals surface area (Å²) in [6.45, 7) is 20.2. The molecular formula is C65H80Br4Cl2O10S5Zn2-2. The van der Waals surface area contributed by atoms with Crippen LogP contribution in [0.15, 0.2) is 160 Å². The topological polar surface area (TPSA) is 155 Å². The molecule has 0 atom stereocenters. The fourth-order valence-corrected chi connectivity index (χ4v) is 15.1. The molecule has 478 valence electrons. The molecular weight excluding hydrogens is 1620 g/mol. The van der Waals surface area contributed by atoms with Gasteiger partial charge in [0, 0.05) is 32.2 Å². The molecule has 88 heavy (non-hydrogen) atoms. The van der Waals surface area contributed by atoms with Gasteiger partial charge in [0.15, 0.2) is 29.5 Å². The Morgan fingerprint density at radius 3 is 1.09 bits per heavy atom. The molecule has 0 saturated carbocycles. The van der Waals surface area contributed by atoms with Crippen molar-refractivity contribution in [2.24, 2.45) is 21.7 Å². The van der Waals surface area contributed by atoms with Crippen LogP contribution in [-0.4, -0.2) is 55.8 Å². The number of rotatable bonds is 10. The predicted octanol–water partition coefficient (Wildman–Crippen LogP) is 19.9. The summed E-state index contributed by atoms with van der Waals surface area (Å²) >= 11 is 15.6. The summed E-state index contributed by atoms with van der Waals surface area (Å²) in [7, 11) is -2.74. The van der Waals surface area contributed by atoms with Crippen molar-refractivity contribution in [3.8, 4) is 11.5 Å². The van der Waals surface area contributed by atoms with Crippen LogP contribution >= 0.6 is 83.1 Å². The molecule has 10 nitrogen and oxygen atoms in total. The van der Waals surface area contributed by atoms with Gasteiger partial charge in [-0.05, 0) is 148 Å². The first-order valence-corrected chi connectivity index (χ1v) is 45.9. The first kappa shape index (κ1) is 84.3. The summed E-state index contributed by atoms with van der Waals surface area (Å²) in [6.07, 6.45) is 15.7. The molecule has 0 aliphatic heterocycles. The molecule has 0 saturated heterocycles. The maximum atomic E-state index is 11.4. The van der Waals surface area contributed by atoms with Crippen molar-refractivity contribution in [2.75, 3.05) is 18.8 Å². The second-order valence-electron chi connectivity index (χ2n) is 24.0. The van der Waals surface area contributed by atoms with E-state index in [4.69, 9.17) is 27.7 Å². The van der Waals surface area contributed by atoms with Crippen LogP contribution in [0.3, 0.4) is 0 Å². The van der Waals surface area contributed by atoms with Gasteiger partial charge in [0.2, 0.25) is 0 Å². The third-order valence-corrected chi connectivity index (χ3v) is 20.8. The number of sulfone groups is 3. The van der Waals surface area contributed by atoms with Gasteiger partial charge < -0.3 is 16.8 Å². The molecule has 0 amide bonds. The molecule has 0 heterocycles. The molecule has 4 aliphatic carbocycles. The van der Waals surface area contributed by atoms with Gasteiger partial charge in [0.05, 0.1) is 20.4 Å². The van der Waals surface area contributed by atoms with Crippen LogP contribution in [0.4, 0.5) is 0 Å². The quantitative estimate of drug-likeness (QED) is 0.0571. The molecule has 0 radical (unpaired) electrons. The molecule has 0 N–H and O–H groups in total. The Hall–Kier alpha value is -1.70. The van der Waals surface area contributed by atoms with Crippen LogP contribution < -0.4 is 8.37 Å². The van der Waals surface area contributed by atoms with Gasteiger partial charge in [-0.3, -0.25) is 6.08 Å². The van der Waals surface area contributed by atoms with E-state index in [9.17, 15) is 33.7 Å². The molecule has 0 aromatic heterocycles. The van der Waals surface area contributed by atoms with E-state index in [0.29, 0.717) is 37.0 Å². The van der Waals surface area contributed by atoms with E-state index in [1.807, 2.05) is 48.5 Å². The van der Waals surface area contributed by atoms with Crippen LogP contribution in [0.2, 0.25) is 0 Å². The van der Waals surface area contributed by atoms with Gasteiger partial charge in [0.1, 0.15) is 0 Å². The second kappa shape index (κ2) is 38.0. The van der Waals surface area contributed by atoms with Gasteiger partial charge in [0.25, 0.3) is 0 Å². The van der Waals surface area contributed by atoms with Gasteiger partial charge in [-0.25, -0.2) is 30.8 Å². The summed E-state index contributed by atoms with van der Waals surface area (Å²) in [5, 5.41) is 0. The van der Waals surface area contributed by atoms with Gasteiger partial charge in [-0.15, -0.1) is 52.0 Å². The molecule has 5 aromatic rings. The molecule has 23 heteroatoms. The number of halogens is 6. The molecule has 0 unspecified atom stereocenters. The fourth-order valence-electron chi connectivity index (χ4n) is 9.38. The average molecular weight is 1700 g/mol. The molecule has 5 aromatic carbocycles. The van der Waals surface area contributed by atoms with Crippen LogP contribution in [0.5, 0.6) is 11.5 Å². The minimum absolute atomic E-state index is 0. The van der Waals surface area contributed by atoms with Crippen molar-refractivity contribution in [2.45, 2.75) is 136 Å². The van der Waals surface area contributed by atoms with Crippen molar-refractivity contribution in [1.82, 2.24) is 0 Å². The normalized spacial score (nSPS) is 16.7.